The summed E-state index contributed by atoms with van der Waals surface area (Å²) >= 11 is 0. The highest BCUT2D eigenvalue weighted by molar-refractivity contribution is 5.84. The van der Waals surface area contributed by atoms with Gasteiger partial charge >= 0.3 is 0 Å². The molecule has 188 valence electrons. The fourth-order valence-electron chi connectivity index (χ4n) is 5.49. The molecular formula is C28H28FN7O. The van der Waals surface area contributed by atoms with E-state index < -0.39 is 0 Å². The number of para-hydroxylation sites is 1. The van der Waals surface area contributed by atoms with E-state index in [1.807, 2.05) is 41.8 Å². The Hall–Kier alpha value is -3.85. The summed E-state index contributed by atoms with van der Waals surface area (Å²) in [4.78, 5) is 19.1. The van der Waals surface area contributed by atoms with Crippen LogP contribution in [0.3, 0.4) is 0 Å². The summed E-state index contributed by atoms with van der Waals surface area (Å²) in [6, 6.07) is 13.3. The molecule has 2 fully saturated rings. The molecule has 2 atom stereocenters. The number of nitrogens with two attached hydrogens (primary N) is 1. The Balaban J connectivity index is 1.42. The van der Waals surface area contributed by atoms with Crippen LogP contribution < -0.4 is 5.73 Å². The SMILES string of the molecule is CC(c1nc(N)c2ncn(C3CCCCO3)c2n1)c1nc2ccc(F)c(C3CC3)c2n1-c1ccccc1. The molecule has 3 aromatic heterocycles. The highest BCUT2D eigenvalue weighted by atomic mass is 19.1. The third kappa shape index (κ3) is 3.68. The van der Waals surface area contributed by atoms with E-state index in [0.717, 1.165) is 66.8 Å². The largest absolute Gasteiger partial charge is 0.382 e. The van der Waals surface area contributed by atoms with Crippen molar-refractivity contribution in [1.82, 2.24) is 29.1 Å². The average molecular weight is 498 g/mol. The van der Waals surface area contributed by atoms with Crippen LogP contribution in [0.4, 0.5) is 10.2 Å². The first-order valence-corrected chi connectivity index (χ1v) is 13.0. The second kappa shape index (κ2) is 8.62. The molecule has 8 nitrogen and oxygen atoms in total. The molecule has 1 aliphatic carbocycles. The number of benzene rings is 2. The summed E-state index contributed by atoms with van der Waals surface area (Å²) in [7, 11) is 0. The molecule has 0 bridgehead atoms. The molecule has 0 radical (unpaired) electrons. The van der Waals surface area contributed by atoms with Crippen LogP contribution in [0.2, 0.25) is 0 Å². The minimum absolute atomic E-state index is 0.117. The quantitative estimate of drug-likeness (QED) is 0.339. The highest BCUT2D eigenvalue weighted by Gasteiger charge is 2.33. The van der Waals surface area contributed by atoms with E-state index in [1.54, 1.807) is 12.4 Å². The minimum atomic E-state index is -0.315. The lowest BCUT2D eigenvalue weighted by Crippen LogP contribution is -2.18. The molecule has 2 aliphatic rings. The summed E-state index contributed by atoms with van der Waals surface area (Å²) in [5.41, 5.74) is 10.9. The van der Waals surface area contributed by atoms with Gasteiger partial charge in [-0.1, -0.05) is 18.2 Å². The van der Waals surface area contributed by atoms with Crippen LogP contribution in [0.15, 0.2) is 48.8 Å². The van der Waals surface area contributed by atoms with Crippen molar-refractivity contribution < 1.29 is 9.13 Å². The number of halogens is 1. The zero-order chi connectivity index (χ0) is 25.1. The van der Waals surface area contributed by atoms with E-state index in [1.165, 1.54) is 6.07 Å². The predicted molar refractivity (Wildman–Crippen MR) is 139 cm³/mol. The first-order chi connectivity index (χ1) is 18.1. The summed E-state index contributed by atoms with van der Waals surface area (Å²) in [5.74, 6) is 1.35. The number of ether oxygens (including phenoxy) is 1. The van der Waals surface area contributed by atoms with Gasteiger partial charge in [0, 0.05) is 17.9 Å². The molecule has 2 aromatic carbocycles. The molecule has 4 heterocycles. The maximum Gasteiger partial charge on any atom is 0.167 e. The third-order valence-electron chi connectivity index (χ3n) is 7.54. The van der Waals surface area contributed by atoms with Gasteiger partial charge in [-0.15, -0.1) is 0 Å². The maximum absolute atomic E-state index is 15.1. The number of aromatic nitrogens is 6. The van der Waals surface area contributed by atoms with Gasteiger partial charge in [-0.3, -0.25) is 9.13 Å². The molecule has 1 aliphatic heterocycles. The number of rotatable bonds is 5. The standard InChI is InChI=1S/C28H28FN7O/c1-16(26-33-25(30)23-28(34-26)35(15-31-23)21-9-5-6-14-37-21)27-32-20-13-12-19(29)22(17-10-11-17)24(20)36(27)18-7-3-2-4-8-18/h2-4,7-8,12-13,15-17,21H,5-6,9-11,14H2,1H3,(H2,30,33,34). The second-order valence-corrected chi connectivity index (χ2v) is 10.1. The van der Waals surface area contributed by atoms with Crippen LogP contribution in [-0.4, -0.2) is 35.7 Å². The van der Waals surface area contributed by atoms with E-state index in [2.05, 4.69) is 14.5 Å². The van der Waals surface area contributed by atoms with Crippen LogP contribution in [0.1, 0.15) is 74.3 Å². The van der Waals surface area contributed by atoms with Crippen molar-refractivity contribution in [2.75, 3.05) is 12.3 Å². The van der Waals surface area contributed by atoms with Gasteiger partial charge in [0.05, 0.1) is 23.3 Å². The molecule has 2 unspecified atom stereocenters. The topological polar surface area (TPSA) is 96.7 Å². The molecule has 0 amide bonds. The highest BCUT2D eigenvalue weighted by Crippen LogP contribution is 2.45. The third-order valence-corrected chi connectivity index (χ3v) is 7.54. The van der Waals surface area contributed by atoms with E-state index in [-0.39, 0.29) is 23.9 Å². The van der Waals surface area contributed by atoms with Gasteiger partial charge < -0.3 is 10.5 Å². The van der Waals surface area contributed by atoms with Crippen LogP contribution >= 0.6 is 0 Å². The molecular weight excluding hydrogens is 469 g/mol. The van der Waals surface area contributed by atoms with E-state index >= 15 is 4.39 Å². The van der Waals surface area contributed by atoms with Crippen LogP contribution in [0.5, 0.6) is 0 Å². The van der Waals surface area contributed by atoms with Crippen molar-refractivity contribution in [3.63, 3.8) is 0 Å². The lowest BCUT2D eigenvalue weighted by atomic mass is 10.1. The van der Waals surface area contributed by atoms with Crippen LogP contribution in [0.25, 0.3) is 27.9 Å². The van der Waals surface area contributed by atoms with Crippen LogP contribution in [0, 0.1) is 5.82 Å². The molecule has 5 aromatic rings. The Morgan fingerprint density at radius 3 is 2.62 bits per heavy atom. The maximum atomic E-state index is 15.1. The normalized spacial score (nSPS) is 19.0. The van der Waals surface area contributed by atoms with Gasteiger partial charge in [-0.2, -0.15) is 0 Å². The Morgan fingerprint density at radius 2 is 1.86 bits per heavy atom. The van der Waals surface area contributed by atoms with Gasteiger partial charge in [-0.25, -0.2) is 24.3 Å². The summed E-state index contributed by atoms with van der Waals surface area (Å²) in [5, 5.41) is 0. The van der Waals surface area contributed by atoms with Crippen molar-refractivity contribution in [3.8, 4) is 5.69 Å². The fraction of sp³-hybridized carbons (Fsp3) is 0.357. The smallest absolute Gasteiger partial charge is 0.167 e. The Kier molecular flexibility index (Phi) is 5.21. The molecule has 0 spiro atoms. The lowest BCUT2D eigenvalue weighted by Gasteiger charge is -2.24. The number of fused-ring (bicyclic) bond motifs is 2. The molecule has 9 heteroatoms. The number of anilines is 1. The molecule has 7 rings (SSSR count). The van der Waals surface area contributed by atoms with Crippen molar-refractivity contribution in [2.45, 2.75) is 57.1 Å². The second-order valence-electron chi connectivity index (χ2n) is 10.1. The Bertz CT molecular complexity index is 1620. The molecule has 2 N–H and O–H groups in total. The minimum Gasteiger partial charge on any atom is -0.382 e. The van der Waals surface area contributed by atoms with Crippen LogP contribution in [-0.2, 0) is 4.74 Å². The van der Waals surface area contributed by atoms with Gasteiger partial charge in [0.1, 0.15) is 29.2 Å². The van der Waals surface area contributed by atoms with Gasteiger partial charge in [0.15, 0.2) is 11.5 Å². The number of nitrogens with zero attached hydrogens (tertiary/aromatic N) is 6. The zero-order valence-electron chi connectivity index (χ0n) is 20.6. The van der Waals surface area contributed by atoms with Crippen molar-refractivity contribution >= 4 is 28.0 Å². The van der Waals surface area contributed by atoms with Crippen molar-refractivity contribution in [1.29, 1.82) is 0 Å². The van der Waals surface area contributed by atoms with Crippen molar-refractivity contribution in [3.05, 3.63) is 71.8 Å². The van der Waals surface area contributed by atoms with E-state index in [4.69, 9.17) is 20.4 Å². The lowest BCUT2D eigenvalue weighted by molar-refractivity contribution is -0.0298. The number of hydrogen-bond donors (Lipinski definition) is 1. The molecule has 1 saturated carbocycles. The Labute approximate surface area is 213 Å². The van der Waals surface area contributed by atoms with Crippen molar-refractivity contribution in [2.24, 2.45) is 0 Å². The zero-order valence-corrected chi connectivity index (χ0v) is 20.6. The summed E-state index contributed by atoms with van der Waals surface area (Å²) in [6.07, 6.45) is 6.66. The number of hydrogen-bond acceptors (Lipinski definition) is 6. The first kappa shape index (κ1) is 22.4. The summed E-state index contributed by atoms with van der Waals surface area (Å²) in [6.45, 7) is 2.74. The Morgan fingerprint density at radius 1 is 1.03 bits per heavy atom. The first-order valence-electron chi connectivity index (χ1n) is 13.0. The van der Waals surface area contributed by atoms with Gasteiger partial charge in [-0.05, 0) is 69.2 Å². The van der Waals surface area contributed by atoms with E-state index in [9.17, 15) is 0 Å². The monoisotopic (exact) mass is 497 g/mol. The molecule has 1 saturated heterocycles. The summed E-state index contributed by atoms with van der Waals surface area (Å²) < 4.78 is 25.2. The van der Waals surface area contributed by atoms with E-state index in [0.29, 0.717) is 22.8 Å². The van der Waals surface area contributed by atoms with Gasteiger partial charge in [0.25, 0.3) is 0 Å². The number of nitrogen functional groups attached to an aromatic ring is 1. The fourth-order valence-corrected chi connectivity index (χ4v) is 5.49. The van der Waals surface area contributed by atoms with Gasteiger partial charge in [0.2, 0.25) is 0 Å². The predicted octanol–water partition coefficient (Wildman–Crippen LogP) is 5.61. The molecule has 37 heavy (non-hydrogen) atoms. The number of imidazole rings is 2. The average Bonchev–Trinajstić information content (AvgIpc) is 3.55.